The second kappa shape index (κ2) is 3.49. The van der Waals surface area contributed by atoms with Gasteiger partial charge in [-0.2, -0.15) is 18.3 Å². The molecule has 1 aromatic heterocycles. The van der Waals surface area contributed by atoms with Crippen LogP contribution in [0.2, 0.25) is 0 Å². The largest absolute Gasteiger partial charge is 0.396 e. The Balaban J connectivity index is 2.95. The van der Waals surface area contributed by atoms with Crippen molar-refractivity contribution in [2.24, 2.45) is 0 Å². The number of hydrogen-bond donors (Lipinski definition) is 1. The van der Waals surface area contributed by atoms with Crippen LogP contribution >= 0.6 is 12.2 Å². The van der Waals surface area contributed by atoms with Crippen molar-refractivity contribution in [3.8, 4) is 0 Å². The van der Waals surface area contributed by atoms with Crippen LogP contribution in [-0.4, -0.2) is 20.9 Å². The van der Waals surface area contributed by atoms with Gasteiger partial charge in [0.05, 0.1) is 0 Å². The molecule has 1 heterocycles. The molecule has 1 aromatic rings. The molecule has 1 N–H and O–H groups in total. The van der Waals surface area contributed by atoms with Gasteiger partial charge < -0.3 is 4.57 Å². The average Bonchev–Trinajstić information content (AvgIpc) is 2.28. The summed E-state index contributed by atoms with van der Waals surface area (Å²) in [7, 11) is 0. The topological polar surface area (TPSA) is 33.6 Å². The summed E-state index contributed by atoms with van der Waals surface area (Å²) in [5, 5.41) is 5.82. The first kappa shape index (κ1) is 10.2. The van der Waals surface area contributed by atoms with Crippen molar-refractivity contribution < 1.29 is 13.2 Å². The average molecular weight is 211 g/mol. The van der Waals surface area contributed by atoms with E-state index in [4.69, 9.17) is 12.2 Å². The van der Waals surface area contributed by atoms with Crippen LogP contribution in [0.4, 0.5) is 13.2 Å². The Labute approximate surface area is 77.6 Å². The summed E-state index contributed by atoms with van der Waals surface area (Å²) in [6.07, 6.45) is -5.29. The lowest BCUT2D eigenvalue weighted by atomic mass is 10.4. The number of aromatic nitrogens is 3. The van der Waals surface area contributed by atoms with Gasteiger partial charge in [-0.05, 0) is 19.1 Å². The van der Waals surface area contributed by atoms with E-state index in [-0.39, 0.29) is 10.6 Å². The van der Waals surface area contributed by atoms with E-state index in [0.717, 1.165) is 0 Å². The molecule has 0 atom stereocenters. The van der Waals surface area contributed by atoms with Crippen LogP contribution in [0.3, 0.4) is 0 Å². The van der Waals surface area contributed by atoms with E-state index in [2.05, 4.69) is 10.2 Å². The predicted octanol–water partition coefficient (Wildman–Crippen LogP) is 2.07. The first-order chi connectivity index (χ1) is 5.94. The van der Waals surface area contributed by atoms with E-state index >= 15 is 0 Å². The van der Waals surface area contributed by atoms with Crippen LogP contribution in [0.1, 0.15) is 12.7 Å². The summed E-state index contributed by atoms with van der Waals surface area (Å²) in [5.74, 6) is -0.0694. The molecule has 3 nitrogen and oxygen atoms in total. The Morgan fingerprint density at radius 3 is 2.62 bits per heavy atom. The minimum atomic E-state index is -4.24. The highest BCUT2D eigenvalue weighted by Gasteiger charge is 2.30. The van der Waals surface area contributed by atoms with Gasteiger partial charge in [-0.15, -0.1) is 0 Å². The van der Waals surface area contributed by atoms with E-state index in [1.807, 2.05) is 0 Å². The summed E-state index contributed by atoms with van der Waals surface area (Å²) in [4.78, 5) is 0. The molecule has 0 spiro atoms. The van der Waals surface area contributed by atoms with E-state index < -0.39 is 12.6 Å². The third kappa shape index (κ3) is 2.55. The van der Waals surface area contributed by atoms with E-state index in [1.54, 1.807) is 6.92 Å². The van der Waals surface area contributed by atoms with Crippen molar-refractivity contribution in [3.05, 3.63) is 10.6 Å². The van der Waals surface area contributed by atoms with E-state index in [1.165, 1.54) is 4.57 Å². The molecule has 0 aliphatic carbocycles. The van der Waals surface area contributed by atoms with Gasteiger partial charge in [0, 0.05) is 6.54 Å². The fourth-order valence-electron chi connectivity index (χ4n) is 0.991. The number of H-pyrrole nitrogens is 1. The zero-order chi connectivity index (χ0) is 10.1. The minimum Gasteiger partial charge on any atom is -0.304 e. The summed E-state index contributed by atoms with van der Waals surface area (Å²) >= 11 is 4.74. The van der Waals surface area contributed by atoms with Gasteiger partial charge in [0.25, 0.3) is 0 Å². The van der Waals surface area contributed by atoms with Crippen molar-refractivity contribution in [1.82, 2.24) is 14.8 Å². The molecule has 0 amide bonds. The van der Waals surface area contributed by atoms with Crippen molar-refractivity contribution in [3.63, 3.8) is 0 Å². The fourth-order valence-corrected chi connectivity index (χ4v) is 1.27. The second-order valence-corrected chi connectivity index (χ2v) is 2.87. The van der Waals surface area contributed by atoms with E-state index in [9.17, 15) is 13.2 Å². The Morgan fingerprint density at radius 2 is 2.15 bits per heavy atom. The standard InChI is InChI=1S/C6H8F3N3S/c1-2-12-4(3-6(7,8)9)10-11-5(12)13/h2-3H2,1H3,(H,11,13). The number of halogens is 3. The number of alkyl halides is 3. The van der Waals surface area contributed by atoms with Crippen LogP contribution in [0, 0.1) is 4.77 Å². The smallest absolute Gasteiger partial charge is 0.304 e. The lowest BCUT2D eigenvalue weighted by Crippen LogP contribution is -2.16. The third-order valence-corrected chi connectivity index (χ3v) is 1.82. The molecular formula is C6H8F3N3S. The van der Waals surface area contributed by atoms with Gasteiger partial charge in [-0.1, -0.05) is 0 Å². The molecule has 1 rings (SSSR count). The number of nitrogens with zero attached hydrogens (tertiary/aromatic N) is 2. The van der Waals surface area contributed by atoms with Crippen LogP contribution in [-0.2, 0) is 13.0 Å². The monoisotopic (exact) mass is 211 g/mol. The summed E-state index contributed by atoms with van der Waals surface area (Å²) in [5.41, 5.74) is 0. The van der Waals surface area contributed by atoms with Crippen LogP contribution in [0.25, 0.3) is 0 Å². The lowest BCUT2D eigenvalue weighted by molar-refractivity contribution is -0.129. The number of hydrogen-bond acceptors (Lipinski definition) is 2. The summed E-state index contributed by atoms with van der Waals surface area (Å²) < 4.78 is 37.4. The second-order valence-electron chi connectivity index (χ2n) is 2.48. The van der Waals surface area contributed by atoms with Crippen LogP contribution in [0.5, 0.6) is 0 Å². The summed E-state index contributed by atoms with van der Waals surface area (Å²) in [6, 6.07) is 0. The van der Waals surface area contributed by atoms with Crippen LogP contribution < -0.4 is 0 Å². The molecule has 74 valence electrons. The van der Waals surface area contributed by atoms with Gasteiger partial charge >= 0.3 is 6.18 Å². The molecular weight excluding hydrogens is 203 g/mol. The molecule has 13 heavy (non-hydrogen) atoms. The minimum absolute atomic E-state index is 0.0694. The van der Waals surface area contributed by atoms with Gasteiger partial charge in [0.15, 0.2) is 4.77 Å². The number of aromatic amines is 1. The molecule has 7 heteroatoms. The van der Waals surface area contributed by atoms with Gasteiger partial charge in [0.2, 0.25) is 0 Å². The normalized spacial score (nSPS) is 12.0. The SMILES string of the molecule is CCn1c(CC(F)(F)F)n[nH]c1=S. The summed E-state index contributed by atoms with van der Waals surface area (Å²) in [6.45, 7) is 2.10. The lowest BCUT2D eigenvalue weighted by Gasteiger charge is -2.06. The molecule has 0 aromatic carbocycles. The van der Waals surface area contributed by atoms with Crippen molar-refractivity contribution in [1.29, 1.82) is 0 Å². The Morgan fingerprint density at radius 1 is 1.54 bits per heavy atom. The maximum Gasteiger partial charge on any atom is 0.396 e. The molecule has 0 saturated carbocycles. The van der Waals surface area contributed by atoms with Crippen LogP contribution in [0.15, 0.2) is 0 Å². The molecule has 0 bridgehead atoms. The highest BCUT2D eigenvalue weighted by atomic mass is 32.1. The Kier molecular flexibility index (Phi) is 2.74. The first-order valence-electron chi connectivity index (χ1n) is 3.65. The number of rotatable bonds is 2. The van der Waals surface area contributed by atoms with E-state index in [0.29, 0.717) is 6.54 Å². The zero-order valence-corrected chi connectivity index (χ0v) is 7.67. The highest BCUT2D eigenvalue weighted by Crippen LogP contribution is 2.19. The molecule has 0 fully saturated rings. The predicted molar refractivity (Wildman–Crippen MR) is 42.8 cm³/mol. The third-order valence-electron chi connectivity index (χ3n) is 1.51. The van der Waals surface area contributed by atoms with Gasteiger partial charge in [0.1, 0.15) is 12.2 Å². The molecule has 0 saturated heterocycles. The molecule has 0 aliphatic heterocycles. The quantitative estimate of drug-likeness (QED) is 0.760. The van der Waals surface area contributed by atoms with Gasteiger partial charge in [-0.3, -0.25) is 5.10 Å². The van der Waals surface area contributed by atoms with Crippen molar-refractivity contribution >= 4 is 12.2 Å². The zero-order valence-electron chi connectivity index (χ0n) is 6.85. The van der Waals surface area contributed by atoms with Gasteiger partial charge in [-0.25, -0.2) is 0 Å². The Hall–Kier alpha value is -0.850. The van der Waals surface area contributed by atoms with Crippen molar-refractivity contribution in [2.45, 2.75) is 26.1 Å². The van der Waals surface area contributed by atoms with Crippen molar-refractivity contribution in [2.75, 3.05) is 0 Å². The highest BCUT2D eigenvalue weighted by molar-refractivity contribution is 7.71. The molecule has 0 unspecified atom stereocenters. The molecule has 0 radical (unpaired) electrons. The maximum atomic E-state index is 12.0. The molecule has 0 aliphatic rings. The first-order valence-corrected chi connectivity index (χ1v) is 4.05. The Bertz CT molecular complexity index is 338. The fraction of sp³-hybridized carbons (Fsp3) is 0.667. The maximum absolute atomic E-state index is 12.0. The number of nitrogens with one attached hydrogen (secondary N) is 1.